The van der Waals surface area contributed by atoms with Crippen molar-refractivity contribution in [1.29, 1.82) is 0 Å². The summed E-state index contributed by atoms with van der Waals surface area (Å²) in [7, 11) is 0. The third-order valence-electron chi connectivity index (χ3n) is 1.69. The van der Waals surface area contributed by atoms with Gasteiger partial charge in [0.2, 0.25) is 0 Å². The number of aryl methyl sites for hydroxylation is 1. The van der Waals surface area contributed by atoms with Gasteiger partial charge in [-0.2, -0.15) is 0 Å². The van der Waals surface area contributed by atoms with E-state index in [1.807, 2.05) is 11.3 Å². The molecule has 0 saturated carbocycles. The molecule has 0 unspecified atom stereocenters. The molecular formula is C10H13ClS. The third-order valence-corrected chi connectivity index (χ3v) is 3.04. The molecule has 2 heteroatoms. The third kappa shape index (κ3) is 2.65. The van der Waals surface area contributed by atoms with Crippen LogP contribution in [0.25, 0.3) is 5.57 Å². The van der Waals surface area contributed by atoms with Gasteiger partial charge in [0.1, 0.15) is 0 Å². The molecule has 1 aromatic heterocycles. The van der Waals surface area contributed by atoms with Crippen molar-refractivity contribution in [3.63, 3.8) is 0 Å². The highest BCUT2D eigenvalue weighted by Gasteiger charge is 1.97. The van der Waals surface area contributed by atoms with Gasteiger partial charge >= 0.3 is 0 Å². The van der Waals surface area contributed by atoms with Gasteiger partial charge in [-0.3, -0.25) is 0 Å². The van der Waals surface area contributed by atoms with Crippen molar-refractivity contribution in [2.24, 2.45) is 0 Å². The largest absolute Gasteiger partial charge is 0.141 e. The molecule has 1 rings (SSSR count). The lowest BCUT2D eigenvalue weighted by molar-refractivity contribution is 1.23. The molecule has 0 saturated heterocycles. The first-order chi connectivity index (χ1) is 5.74. The Kier molecular flexibility index (Phi) is 3.83. The second kappa shape index (κ2) is 4.68. The van der Waals surface area contributed by atoms with E-state index >= 15 is 0 Å². The highest BCUT2D eigenvalue weighted by Crippen LogP contribution is 2.23. The molecule has 66 valence electrons. The van der Waals surface area contributed by atoms with Crippen LogP contribution in [0, 0.1) is 6.92 Å². The van der Waals surface area contributed by atoms with Gasteiger partial charge in [-0.15, -0.1) is 22.9 Å². The summed E-state index contributed by atoms with van der Waals surface area (Å²) in [6, 6.07) is 4.32. The highest BCUT2D eigenvalue weighted by atomic mass is 35.5. The minimum atomic E-state index is 0.710. The van der Waals surface area contributed by atoms with Crippen LogP contribution in [0.15, 0.2) is 18.2 Å². The normalized spacial score (nSPS) is 12.1. The number of hydrogen-bond donors (Lipinski definition) is 0. The van der Waals surface area contributed by atoms with Gasteiger partial charge in [0.25, 0.3) is 0 Å². The average molecular weight is 201 g/mol. The fourth-order valence-electron chi connectivity index (χ4n) is 1.02. The standard InChI is InChI=1S/C10H13ClS/c1-8(4-3-7-11)10-6-5-9(2)12-10/h4-6H,3,7H2,1-2H3. The van der Waals surface area contributed by atoms with E-state index in [1.54, 1.807) is 0 Å². The van der Waals surface area contributed by atoms with E-state index in [-0.39, 0.29) is 0 Å². The summed E-state index contributed by atoms with van der Waals surface area (Å²) in [5.74, 6) is 0.710. The molecule has 0 aliphatic carbocycles. The average Bonchev–Trinajstić information content (AvgIpc) is 2.47. The molecule has 0 bridgehead atoms. The Labute approximate surface area is 82.9 Å². The predicted octanol–water partition coefficient (Wildman–Crippen LogP) is 4.09. The minimum absolute atomic E-state index is 0.710. The highest BCUT2D eigenvalue weighted by molar-refractivity contribution is 7.13. The maximum Gasteiger partial charge on any atom is 0.0299 e. The Morgan fingerprint density at radius 2 is 2.33 bits per heavy atom. The zero-order valence-corrected chi connectivity index (χ0v) is 9.00. The van der Waals surface area contributed by atoms with Crippen LogP contribution in [0.5, 0.6) is 0 Å². The Bertz CT molecular complexity index is 273. The fraction of sp³-hybridized carbons (Fsp3) is 0.400. The van der Waals surface area contributed by atoms with Crippen molar-refractivity contribution in [1.82, 2.24) is 0 Å². The van der Waals surface area contributed by atoms with E-state index in [1.165, 1.54) is 15.3 Å². The molecule has 0 aliphatic rings. The summed E-state index contributed by atoms with van der Waals surface area (Å²) in [6.45, 7) is 4.26. The van der Waals surface area contributed by atoms with E-state index in [0.29, 0.717) is 5.88 Å². The topological polar surface area (TPSA) is 0 Å². The molecule has 1 heterocycles. The molecular weight excluding hydrogens is 188 g/mol. The molecule has 0 atom stereocenters. The molecule has 0 radical (unpaired) electrons. The van der Waals surface area contributed by atoms with Crippen LogP contribution in [0.3, 0.4) is 0 Å². The second-order valence-corrected chi connectivity index (χ2v) is 4.44. The first-order valence-corrected chi connectivity index (χ1v) is 5.38. The van der Waals surface area contributed by atoms with Gasteiger partial charge in [-0.05, 0) is 38.0 Å². The Hall–Kier alpha value is -0.270. The lowest BCUT2D eigenvalue weighted by Crippen LogP contribution is -1.73. The predicted molar refractivity (Wildman–Crippen MR) is 58.0 cm³/mol. The van der Waals surface area contributed by atoms with Crippen LogP contribution >= 0.6 is 22.9 Å². The van der Waals surface area contributed by atoms with Crippen LogP contribution in [-0.2, 0) is 0 Å². The maximum absolute atomic E-state index is 5.60. The van der Waals surface area contributed by atoms with Crippen LogP contribution in [0.4, 0.5) is 0 Å². The Morgan fingerprint density at radius 3 is 2.83 bits per heavy atom. The maximum atomic E-state index is 5.60. The second-order valence-electron chi connectivity index (χ2n) is 2.78. The van der Waals surface area contributed by atoms with Gasteiger partial charge in [-0.1, -0.05) is 6.08 Å². The summed E-state index contributed by atoms with van der Waals surface area (Å²) in [6.07, 6.45) is 3.16. The summed E-state index contributed by atoms with van der Waals surface area (Å²) >= 11 is 7.43. The molecule has 0 aliphatic heterocycles. The van der Waals surface area contributed by atoms with Crippen molar-refractivity contribution < 1.29 is 0 Å². The monoisotopic (exact) mass is 200 g/mol. The van der Waals surface area contributed by atoms with Crippen molar-refractivity contribution in [3.8, 4) is 0 Å². The van der Waals surface area contributed by atoms with Crippen LogP contribution < -0.4 is 0 Å². The zero-order chi connectivity index (χ0) is 8.97. The van der Waals surface area contributed by atoms with E-state index in [2.05, 4.69) is 32.1 Å². The summed E-state index contributed by atoms with van der Waals surface area (Å²) in [5.41, 5.74) is 1.34. The first kappa shape index (κ1) is 9.82. The molecule has 0 amide bonds. The summed E-state index contributed by atoms with van der Waals surface area (Å²) in [4.78, 5) is 2.72. The molecule has 0 fully saturated rings. The summed E-state index contributed by atoms with van der Waals surface area (Å²) < 4.78 is 0. The van der Waals surface area contributed by atoms with Crippen LogP contribution in [0.2, 0.25) is 0 Å². The van der Waals surface area contributed by atoms with Gasteiger partial charge in [0, 0.05) is 15.6 Å². The van der Waals surface area contributed by atoms with Gasteiger partial charge < -0.3 is 0 Å². The minimum Gasteiger partial charge on any atom is -0.141 e. The number of alkyl halides is 1. The molecule has 0 spiro atoms. The lowest BCUT2D eigenvalue weighted by atomic mass is 10.2. The number of rotatable bonds is 3. The molecule has 12 heavy (non-hydrogen) atoms. The molecule has 1 aromatic rings. The number of thiophene rings is 1. The van der Waals surface area contributed by atoms with E-state index in [0.717, 1.165) is 6.42 Å². The summed E-state index contributed by atoms with van der Waals surface area (Å²) in [5, 5.41) is 0. The fourth-order valence-corrected chi connectivity index (χ4v) is 1.99. The van der Waals surface area contributed by atoms with Crippen molar-refractivity contribution in [2.75, 3.05) is 5.88 Å². The van der Waals surface area contributed by atoms with Crippen LogP contribution in [0.1, 0.15) is 23.1 Å². The zero-order valence-electron chi connectivity index (χ0n) is 7.43. The van der Waals surface area contributed by atoms with Crippen molar-refractivity contribution in [2.45, 2.75) is 20.3 Å². The van der Waals surface area contributed by atoms with Crippen molar-refractivity contribution >= 4 is 28.5 Å². The quantitative estimate of drug-likeness (QED) is 0.645. The van der Waals surface area contributed by atoms with Gasteiger partial charge in [0.05, 0.1) is 0 Å². The molecule has 0 aromatic carbocycles. The van der Waals surface area contributed by atoms with Gasteiger partial charge in [-0.25, -0.2) is 0 Å². The number of allylic oxidation sites excluding steroid dienone is 2. The van der Waals surface area contributed by atoms with E-state index < -0.39 is 0 Å². The number of hydrogen-bond acceptors (Lipinski definition) is 1. The van der Waals surface area contributed by atoms with Crippen molar-refractivity contribution in [3.05, 3.63) is 28.0 Å². The molecule has 0 N–H and O–H groups in total. The van der Waals surface area contributed by atoms with Gasteiger partial charge in [0.15, 0.2) is 0 Å². The first-order valence-electron chi connectivity index (χ1n) is 4.03. The van der Waals surface area contributed by atoms with E-state index in [9.17, 15) is 0 Å². The Balaban J connectivity index is 2.70. The smallest absolute Gasteiger partial charge is 0.0299 e. The Morgan fingerprint density at radius 1 is 1.58 bits per heavy atom. The SMILES string of the molecule is CC(=CCCCl)c1ccc(C)s1. The molecule has 0 nitrogen and oxygen atoms in total. The van der Waals surface area contributed by atoms with E-state index in [4.69, 9.17) is 11.6 Å². The number of halogens is 1. The van der Waals surface area contributed by atoms with Crippen LogP contribution in [-0.4, -0.2) is 5.88 Å². The lowest BCUT2D eigenvalue weighted by Gasteiger charge is -1.94.